The van der Waals surface area contributed by atoms with Gasteiger partial charge in [0.2, 0.25) is 0 Å². The number of aryl methyl sites for hydroxylation is 2. The zero-order chi connectivity index (χ0) is 21.2. The Kier molecular flexibility index (Phi) is 6.37. The second kappa shape index (κ2) is 8.62. The zero-order valence-electron chi connectivity index (χ0n) is 17.2. The zero-order valence-corrected chi connectivity index (χ0v) is 18.1. The smallest absolute Gasteiger partial charge is 0.305 e. The van der Waals surface area contributed by atoms with E-state index in [-0.39, 0.29) is 30.0 Å². The molecule has 3 rings (SSSR count). The molecule has 0 N–H and O–H groups in total. The van der Waals surface area contributed by atoms with Crippen LogP contribution in [-0.2, 0) is 26.5 Å². The van der Waals surface area contributed by atoms with Crippen molar-refractivity contribution in [2.24, 2.45) is 0 Å². The second-order valence-corrected chi connectivity index (χ2v) is 8.67. The van der Waals surface area contributed by atoms with E-state index >= 15 is 0 Å². The fraction of sp³-hybridized carbons (Fsp3) is 0.364. The van der Waals surface area contributed by atoms with Crippen LogP contribution in [0.25, 0.3) is 0 Å². The van der Waals surface area contributed by atoms with E-state index in [9.17, 15) is 14.2 Å². The molecule has 0 saturated carbocycles. The maximum atomic E-state index is 13.3. The molecule has 29 heavy (non-hydrogen) atoms. The number of para-hydroxylation sites is 1. The minimum absolute atomic E-state index is 0.205. The molecule has 1 heterocycles. The van der Waals surface area contributed by atoms with E-state index in [1.807, 2.05) is 32.0 Å². The highest BCUT2D eigenvalue weighted by Gasteiger charge is 2.40. The van der Waals surface area contributed by atoms with E-state index in [1.54, 1.807) is 19.9 Å². The van der Waals surface area contributed by atoms with Crippen molar-refractivity contribution in [3.05, 3.63) is 58.7 Å². The molecule has 0 saturated heterocycles. The van der Waals surface area contributed by atoms with Gasteiger partial charge in [0.25, 0.3) is 11.8 Å². The summed E-state index contributed by atoms with van der Waals surface area (Å²) in [5.41, 5.74) is 3.05. The SMILES string of the molecule is CCOP(=O)(OCC)c1ccc2c(c1)C(=O)N(c1c(CC)cccc1CC)C2=O. The van der Waals surface area contributed by atoms with Crippen LogP contribution in [-0.4, -0.2) is 25.0 Å². The molecule has 0 aromatic heterocycles. The number of benzene rings is 2. The van der Waals surface area contributed by atoms with Crippen molar-refractivity contribution in [1.29, 1.82) is 0 Å². The van der Waals surface area contributed by atoms with E-state index in [0.717, 1.165) is 11.1 Å². The van der Waals surface area contributed by atoms with Gasteiger partial charge in [-0.25, -0.2) is 4.90 Å². The Morgan fingerprint density at radius 2 is 1.38 bits per heavy atom. The Labute approximate surface area is 171 Å². The van der Waals surface area contributed by atoms with Crippen molar-refractivity contribution < 1.29 is 23.2 Å². The fourth-order valence-corrected chi connectivity index (χ4v) is 5.23. The molecule has 0 fully saturated rings. The molecule has 2 amide bonds. The molecule has 6 nitrogen and oxygen atoms in total. The summed E-state index contributed by atoms with van der Waals surface area (Å²) in [5, 5.41) is 0.280. The van der Waals surface area contributed by atoms with E-state index in [4.69, 9.17) is 9.05 Å². The lowest BCUT2D eigenvalue weighted by atomic mass is 10.0. The summed E-state index contributed by atoms with van der Waals surface area (Å²) in [4.78, 5) is 27.7. The predicted molar refractivity (Wildman–Crippen MR) is 113 cm³/mol. The quantitative estimate of drug-likeness (QED) is 0.469. The molecule has 7 heteroatoms. The van der Waals surface area contributed by atoms with Gasteiger partial charge in [0.1, 0.15) is 0 Å². The van der Waals surface area contributed by atoms with Crippen molar-refractivity contribution >= 4 is 30.4 Å². The third-order valence-corrected chi connectivity index (χ3v) is 7.08. The van der Waals surface area contributed by atoms with Crippen LogP contribution in [0.2, 0.25) is 0 Å². The Balaban J connectivity index is 2.11. The summed E-state index contributed by atoms with van der Waals surface area (Å²) in [6.45, 7) is 7.85. The van der Waals surface area contributed by atoms with Crippen molar-refractivity contribution in [3.8, 4) is 0 Å². The number of hydrogen-bond donors (Lipinski definition) is 0. The first-order valence-electron chi connectivity index (χ1n) is 9.95. The Hall–Kier alpha value is -2.27. The molecule has 0 bridgehead atoms. The molecule has 1 aliphatic rings. The molecule has 1 aliphatic heterocycles. The highest BCUT2D eigenvalue weighted by atomic mass is 31.2. The third-order valence-electron chi connectivity index (χ3n) is 4.97. The lowest BCUT2D eigenvalue weighted by Gasteiger charge is -2.21. The average molecular weight is 415 g/mol. The fourth-order valence-electron chi connectivity index (χ4n) is 3.63. The molecule has 154 valence electrons. The predicted octanol–water partition coefficient (Wildman–Crippen LogP) is 4.50. The molecule has 2 aromatic rings. The summed E-state index contributed by atoms with van der Waals surface area (Å²) in [6.07, 6.45) is 1.40. The number of imide groups is 1. The van der Waals surface area contributed by atoms with Gasteiger partial charge in [0.15, 0.2) is 0 Å². The molecule has 0 unspecified atom stereocenters. The summed E-state index contributed by atoms with van der Waals surface area (Å²) in [7, 11) is -3.55. The van der Waals surface area contributed by atoms with Gasteiger partial charge in [-0.2, -0.15) is 0 Å². The summed E-state index contributed by atoms with van der Waals surface area (Å²) < 4.78 is 23.9. The minimum atomic E-state index is -3.55. The van der Waals surface area contributed by atoms with E-state index < -0.39 is 13.5 Å². The van der Waals surface area contributed by atoms with Gasteiger partial charge in [0.05, 0.1) is 35.3 Å². The first kappa shape index (κ1) is 21.4. The number of rotatable bonds is 8. The summed E-state index contributed by atoms with van der Waals surface area (Å²) >= 11 is 0. The normalized spacial score (nSPS) is 13.9. The van der Waals surface area contributed by atoms with Gasteiger partial charge in [-0.05, 0) is 56.0 Å². The number of carbonyl (C=O) groups is 2. The van der Waals surface area contributed by atoms with Gasteiger partial charge >= 0.3 is 7.60 Å². The van der Waals surface area contributed by atoms with Crippen molar-refractivity contribution in [1.82, 2.24) is 0 Å². The van der Waals surface area contributed by atoms with Gasteiger partial charge in [-0.1, -0.05) is 32.0 Å². The number of nitrogens with zero attached hydrogens (tertiary/aromatic N) is 1. The average Bonchev–Trinajstić information content (AvgIpc) is 2.97. The van der Waals surface area contributed by atoms with Gasteiger partial charge < -0.3 is 9.05 Å². The van der Waals surface area contributed by atoms with Gasteiger partial charge in [-0.15, -0.1) is 0 Å². The first-order chi connectivity index (χ1) is 13.9. The van der Waals surface area contributed by atoms with Crippen LogP contribution in [0.4, 0.5) is 5.69 Å². The van der Waals surface area contributed by atoms with Crippen LogP contribution in [0.15, 0.2) is 36.4 Å². The standard InChI is InChI=1S/C22H26NO5P/c1-5-15-10-9-11-16(6-2)20(15)23-21(24)18-13-12-17(14-19(18)22(23)25)29(26,27-7-3)28-8-4/h9-14H,5-8H2,1-4H3. The van der Waals surface area contributed by atoms with E-state index in [1.165, 1.54) is 17.0 Å². The van der Waals surface area contributed by atoms with Crippen LogP contribution in [0.5, 0.6) is 0 Å². The Morgan fingerprint density at radius 3 is 1.90 bits per heavy atom. The van der Waals surface area contributed by atoms with Crippen LogP contribution < -0.4 is 10.2 Å². The summed E-state index contributed by atoms with van der Waals surface area (Å²) in [6, 6.07) is 10.4. The number of fused-ring (bicyclic) bond motifs is 1. The molecule has 2 aromatic carbocycles. The maximum Gasteiger partial charge on any atom is 0.361 e. The highest BCUT2D eigenvalue weighted by Crippen LogP contribution is 2.47. The number of carbonyl (C=O) groups excluding carboxylic acids is 2. The topological polar surface area (TPSA) is 72.9 Å². The lowest BCUT2D eigenvalue weighted by molar-refractivity contribution is 0.0925. The lowest BCUT2D eigenvalue weighted by Crippen LogP contribution is -2.31. The van der Waals surface area contributed by atoms with Gasteiger partial charge in [-0.3, -0.25) is 14.2 Å². The van der Waals surface area contributed by atoms with Crippen LogP contribution >= 0.6 is 7.60 Å². The monoisotopic (exact) mass is 415 g/mol. The first-order valence-corrected chi connectivity index (χ1v) is 11.5. The van der Waals surface area contributed by atoms with Crippen molar-refractivity contribution in [2.75, 3.05) is 18.1 Å². The molecular formula is C22H26NO5P. The Bertz CT molecular complexity index is 968. The largest absolute Gasteiger partial charge is 0.361 e. The molecule has 0 radical (unpaired) electrons. The molecule has 0 atom stereocenters. The van der Waals surface area contributed by atoms with Crippen LogP contribution in [0.3, 0.4) is 0 Å². The number of anilines is 1. The Morgan fingerprint density at radius 1 is 0.828 bits per heavy atom. The van der Waals surface area contributed by atoms with E-state index in [0.29, 0.717) is 24.1 Å². The van der Waals surface area contributed by atoms with Crippen molar-refractivity contribution in [3.63, 3.8) is 0 Å². The summed E-state index contributed by atoms with van der Waals surface area (Å²) in [5.74, 6) is -0.781. The number of hydrogen-bond acceptors (Lipinski definition) is 5. The minimum Gasteiger partial charge on any atom is -0.305 e. The van der Waals surface area contributed by atoms with Crippen molar-refractivity contribution in [2.45, 2.75) is 40.5 Å². The van der Waals surface area contributed by atoms with Gasteiger partial charge in [0, 0.05) is 0 Å². The third kappa shape index (κ3) is 3.68. The molecule has 0 spiro atoms. The maximum absolute atomic E-state index is 13.3. The van der Waals surface area contributed by atoms with Crippen LogP contribution in [0.1, 0.15) is 59.5 Å². The second-order valence-electron chi connectivity index (χ2n) is 6.64. The van der Waals surface area contributed by atoms with E-state index in [2.05, 4.69) is 0 Å². The number of amides is 2. The molecular weight excluding hydrogens is 389 g/mol. The highest BCUT2D eigenvalue weighted by molar-refractivity contribution is 7.62. The molecule has 0 aliphatic carbocycles. The van der Waals surface area contributed by atoms with Crippen LogP contribution in [0, 0.1) is 0 Å².